The van der Waals surface area contributed by atoms with E-state index >= 15 is 0 Å². The van der Waals surface area contributed by atoms with E-state index in [0.29, 0.717) is 12.7 Å². The van der Waals surface area contributed by atoms with Crippen LogP contribution in [0.1, 0.15) is 19.3 Å². The number of aldehydes is 1. The van der Waals surface area contributed by atoms with Crippen molar-refractivity contribution in [1.29, 1.82) is 0 Å². The lowest BCUT2D eigenvalue weighted by atomic mass is 9.76. The molecule has 3 unspecified atom stereocenters. The Morgan fingerprint density at radius 2 is 2.50 bits per heavy atom. The first-order chi connectivity index (χ1) is 5.80. The molecule has 2 heterocycles. The maximum Gasteiger partial charge on any atom is 0.131 e. The van der Waals surface area contributed by atoms with Gasteiger partial charge in [0.15, 0.2) is 0 Å². The zero-order chi connectivity index (χ0) is 8.60. The van der Waals surface area contributed by atoms with E-state index in [1.165, 1.54) is 0 Å². The molecule has 2 saturated heterocycles. The van der Waals surface area contributed by atoms with Gasteiger partial charge in [-0.25, -0.2) is 0 Å². The molecule has 0 spiro atoms. The maximum absolute atomic E-state index is 10.9. The number of methoxy groups -OCH3 is 1. The molecule has 0 aromatic rings. The topological polar surface area (TPSA) is 35.5 Å². The van der Waals surface area contributed by atoms with Gasteiger partial charge >= 0.3 is 0 Å². The molecule has 0 N–H and O–H groups in total. The molecule has 2 aliphatic heterocycles. The third-order valence-corrected chi connectivity index (χ3v) is 3.00. The Labute approximate surface area is 72.0 Å². The molecule has 0 radical (unpaired) electrons. The molecular weight excluding hydrogens is 156 g/mol. The van der Waals surface area contributed by atoms with E-state index in [1.807, 2.05) is 0 Å². The van der Waals surface area contributed by atoms with E-state index in [-0.39, 0.29) is 11.5 Å². The van der Waals surface area contributed by atoms with Gasteiger partial charge in [-0.1, -0.05) is 0 Å². The molecule has 12 heavy (non-hydrogen) atoms. The zero-order valence-corrected chi connectivity index (χ0v) is 7.29. The van der Waals surface area contributed by atoms with Crippen LogP contribution in [-0.2, 0) is 14.3 Å². The van der Waals surface area contributed by atoms with Crippen LogP contribution in [0.3, 0.4) is 0 Å². The van der Waals surface area contributed by atoms with E-state index in [0.717, 1.165) is 25.5 Å². The van der Waals surface area contributed by atoms with E-state index in [9.17, 15) is 4.79 Å². The van der Waals surface area contributed by atoms with Gasteiger partial charge in [-0.15, -0.1) is 0 Å². The number of carbonyl (C=O) groups is 1. The van der Waals surface area contributed by atoms with Crippen LogP contribution in [0, 0.1) is 5.41 Å². The highest BCUT2D eigenvalue weighted by molar-refractivity contribution is 5.62. The molecule has 2 bridgehead atoms. The molecule has 3 nitrogen and oxygen atoms in total. The van der Waals surface area contributed by atoms with Gasteiger partial charge in [0.1, 0.15) is 6.29 Å². The fraction of sp³-hybridized carbons (Fsp3) is 0.889. The van der Waals surface area contributed by atoms with Crippen LogP contribution in [0.2, 0.25) is 0 Å². The molecule has 0 aromatic heterocycles. The largest absolute Gasteiger partial charge is 0.384 e. The fourth-order valence-electron chi connectivity index (χ4n) is 2.41. The Morgan fingerprint density at radius 1 is 1.67 bits per heavy atom. The summed E-state index contributed by atoms with van der Waals surface area (Å²) in [6.07, 6.45) is 4.46. The molecule has 2 fully saturated rings. The second kappa shape index (κ2) is 2.82. The van der Waals surface area contributed by atoms with Crippen molar-refractivity contribution in [3.63, 3.8) is 0 Å². The van der Waals surface area contributed by atoms with Crippen molar-refractivity contribution in [2.75, 3.05) is 13.7 Å². The molecule has 3 heteroatoms. The average molecular weight is 170 g/mol. The van der Waals surface area contributed by atoms with Crippen molar-refractivity contribution in [1.82, 2.24) is 0 Å². The lowest BCUT2D eigenvalue weighted by Gasteiger charge is -2.28. The number of hydrogen-bond acceptors (Lipinski definition) is 3. The second-order valence-corrected chi connectivity index (χ2v) is 3.81. The van der Waals surface area contributed by atoms with Gasteiger partial charge in [-0.2, -0.15) is 0 Å². The minimum atomic E-state index is -0.322. The van der Waals surface area contributed by atoms with Gasteiger partial charge in [0, 0.05) is 7.11 Å². The first kappa shape index (κ1) is 8.20. The summed E-state index contributed by atoms with van der Waals surface area (Å²) < 4.78 is 10.7. The van der Waals surface area contributed by atoms with E-state index in [4.69, 9.17) is 9.47 Å². The van der Waals surface area contributed by atoms with Crippen LogP contribution in [-0.4, -0.2) is 32.2 Å². The Bertz CT molecular complexity index is 192. The van der Waals surface area contributed by atoms with Gasteiger partial charge in [0.25, 0.3) is 0 Å². The molecule has 68 valence electrons. The summed E-state index contributed by atoms with van der Waals surface area (Å²) in [4.78, 5) is 10.9. The molecule has 0 aromatic carbocycles. The van der Waals surface area contributed by atoms with Crippen LogP contribution in [0.5, 0.6) is 0 Å². The highest BCUT2D eigenvalue weighted by Gasteiger charge is 2.52. The minimum Gasteiger partial charge on any atom is -0.384 e. The maximum atomic E-state index is 10.9. The quantitative estimate of drug-likeness (QED) is 0.587. The first-order valence-corrected chi connectivity index (χ1v) is 4.41. The predicted octanol–water partition coefficient (Wildman–Crippen LogP) is 0.769. The number of fused-ring (bicyclic) bond motifs is 2. The second-order valence-electron chi connectivity index (χ2n) is 3.81. The summed E-state index contributed by atoms with van der Waals surface area (Å²) in [5, 5.41) is 0. The van der Waals surface area contributed by atoms with Gasteiger partial charge < -0.3 is 14.3 Å². The Balaban J connectivity index is 2.13. The Hall–Kier alpha value is -0.410. The summed E-state index contributed by atoms with van der Waals surface area (Å²) in [7, 11) is 1.64. The standard InChI is InChI=1S/C9H14O3/c1-11-6-9(5-10)4-7-2-3-8(9)12-7/h5,7-8H,2-4,6H2,1H3. The zero-order valence-electron chi connectivity index (χ0n) is 7.29. The minimum absolute atomic E-state index is 0.125. The van der Waals surface area contributed by atoms with Crippen molar-refractivity contribution in [3.8, 4) is 0 Å². The predicted molar refractivity (Wildman–Crippen MR) is 42.9 cm³/mol. The van der Waals surface area contributed by atoms with Crippen molar-refractivity contribution in [2.24, 2.45) is 5.41 Å². The molecule has 0 saturated carbocycles. The SMILES string of the molecule is COCC1(C=O)CC2CCC1O2. The van der Waals surface area contributed by atoms with Gasteiger partial charge in [0.2, 0.25) is 0 Å². The van der Waals surface area contributed by atoms with Gasteiger partial charge in [-0.05, 0) is 19.3 Å². The summed E-state index contributed by atoms with van der Waals surface area (Å²) >= 11 is 0. The van der Waals surface area contributed by atoms with Gasteiger partial charge in [0.05, 0.1) is 24.2 Å². The van der Waals surface area contributed by atoms with Crippen LogP contribution in [0.15, 0.2) is 0 Å². The Kier molecular flexibility index (Phi) is 1.93. The summed E-state index contributed by atoms with van der Waals surface area (Å²) in [6.45, 7) is 0.512. The number of carbonyl (C=O) groups excluding carboxylic acids is 1. The smallest absolute Gasteiger partial charge is 0.131 e. The first-order valence-electron chi connectivity index (χ1n) is 4.41. The molecule has 3 atom stereocenters. The molecule has 2 aliphatic rings. The normalized spacial score (nSPS) is 45.1. The summed E-state index contributed by atoms with van der Waals surface area (Å²) in [5.41, 5.74) is -0.322. The van der Waals surface area contributed by atoms with E-state index in [1.54, 1.807) is 7.11 Å². The number of hydrogen-bond donors (Lipinski definition) is 0. The number of rotatable bonds is 3. The molecular formula is C9H14O3. The highest BCUT2D eigenvalue weighted by atomic mass is 16.5. The van der Waals surface area contributed by atoms with Crippen LogP contribution < -0.4 is 0 Å². The van der Waals surface area contributed by atoms with Gasteiger partial charge in [-0.3, -0.25) is 0 Å². The Morgan fingerprint density at radius 3 is 2.92 bits per heavy atom. The third-order valence-electron chi connectivity index (χ3n) is 3.00. The highest BCUT2D eigenvalue weighted by Crippen LogP contribution is 2.46. The van der Waals surface area contributed by atoms with Crippen molar-refractivity contribution in [2.45, 2.75) is 31.5 Å². The molecule has 2 rings (SSSR count). The monoisotopic (exact) mass is 170 g/mol. The van der Waals surface area contributed by atoms with E-state index in [2.05, 4.69) is 0 Å². The fourth-order valence-corrected chi connectivity index (χ4v) is 2.41. The van der Waals surface area contributed by atoms with Crippen LogP contribution in [0.25, 0.3) is 0 Å². The molecule has 0 aliphatic carbocycles. The lowest BCUT2D eigenvalue weighted by molar-refractivity contribution is -0.122. The van der Waals surface area contributed by atoms with Crippen molar-refractivity contribution in [3.05, 3.63) is 0 Å². The van der Waals surface area contributed by atoms with Crippen LogP contribution in [0.4, 0.5) is 0 Å². The van der Waals surface area contributed by atoms with Crippen molar-refractivity contribution >= 4 is 6.29 Å². The van der Waals surface area contributed by atoms with Crippen LogP contribution >= 0.6 is 0 Å². The third kappa shape index (κ3) is 1.00. The summed E-state index contributed by atoms with van der Waals surface area (Å²) in [6, 6.07) is 0. The van der Waals surface area contributed by atoms with E-state index < -0.39 is 0 Å². The average Bonchev–Trinajstić information content (AvgIpc) is 2.64. The summed E-state index contributed by atoms with van der Waals surface area (Å²) in [5.74, 6) is 0. The lowest BCUT2D eigenvalue weighted by Crippen LogP contribution is -2.38. The molecule has 0 amide bonds. The number of ether oxygens (including phenoxy) is 2. The van der Waals surface area contributed by atoms with Crippen molar-refractivity contribution < 1.29 is 14.3 Å².